The fourth-order valence-corrected chi connectivity index (χ4v) is 4.06. The van der Waals surface area contributed by atoms with Crippen molar-refractivity contribution in [3.63, 3.8) is 0 Å². The number of benzene rings is 2. The summed E-state index contributed by atoms with van der Waals surface area (Å²) in [5, 5.41) is 5.11. The first-order chi connectivity index (χ1) is 14.0. The number of ether oxygens (including phenoxy) is 1. The van der Waals surface area contributed by atoms with Crippen LogP contribution in [0.2, 0.25) is 5.02 Å². The van der Waals surface area contributed by atoms with Gasteiger partial charge in [-0.15, -0.1) is 0 Å². The molecule has 3 rings (SSSR count). The monoisotopic (exact) mass is 553 g/mol. The summed E-state index contributed by atoms with van der Waals surface area (Å²) < 4.78 is 7.68. The van der Waals surface area contributed by atoms with Gasteiger partial charge in [0.2, 0.25) is 0 Å². The van der Waals surface area contributed by atoms with Crippen LogP contribution in [0.1, 0.15) is 39.1 Å². The van der Waals surface area contributed by atoms with Gasteiger partial charge in [0.25, 0.3) is 5.56 Å². The van der Waals surface area contributed by atoms with Crippen molar-refractivity contribution in [1.29, 1.82) is 0 Å². The van der Waals surface area contributed by atoms with Crippen LogP contribution in [0.4, 0.5) is 0 Å². The summed E-state index contributed by atoms with van der Waals surface area (Å²) in [6, 6.07) is 8.67. The summed E-state index contributed by atoms with van der Waals surface area (Å²) in [4.78, 5) is 29.1. The predicted octanol–water partition coefficient (Wildman–Crippen LogP) is 5.68. The first-order valence-corrected chi connectivity index (χ1v) is 10.9. The lowest BCUT2D eigenvalue weighted by molar-refractivity contribution is -0.131. The van der Waals surface area contributed by atoms with Gasteiger partial charge in [0, 0.05) is 16.8 Å². The maximum absolute atomic E-state index is 13.2. The van der Waals surface area contributed by atoms with Crippen LogP contribution in [0.25, 0.3) is 10.9 Å². The molecule has 0 atom stereocenters. The third kappa shape index (κ3) is 4.82. The molecule has 9 heteroatoms. The van der Waals surface area contributed by atoms with Crippen molar-refractivity contribution >= 4 is 66.5 Å². The van der Waals surface area contributed by atoms with E-state index in [0.717, 1.165) is 4.47 Å². The smallest absolute Gasteiger partial charge is 0.308 e. The van der Waals surface area contributed by atoms with Gasteiger partial charge in [0.05, 0.1) is 26.6 Å². The molecule has 0 unspecified atom stereocenters. The third-order valence-electron chi connectivity index (χ3n) is 4.07. The van der Waals surface area contributed by atoms with Crippen LogP contribution in [0.3, 0.4) is 0 Å². The van der Waals surface area contributed by atoms with Crippen molar-refractivity contribution < 1.29 is 9.53 Å². The Morgan fingerprint density at radius 3 is 2.53 bits per heavy atom. The predicted molar refractivity (Wildman–Crippen MR) is 126 cm³/mol. The van der Waals surface area contributed by atoms with E-state index in [-0.39, 0.29) is 16.3 Å². The molecule has 0 saturated carbocycles. The molecule has 0 aliphatic rings. The maximum Gasteiger partial charge on any atom is 0.308 e. The minimum atomic E-state index is -0.478. The van der Waals surface area contributed by atoms with Gasteiger partial charge >= 0.3 is 5.97 Å². The highest BCUT2D eigenvalue weighted by atomic mass is 79.9. The fraction of sp³-hybridized carbons (Fsp3) is 0.238. The average molecular weight is 556 g/mol. The Morgan fingerprint density at radius 2 is 1.93 bits per heavy atom. The van der Waals surface area contributed by atoms with Crippen LogP contribution in [0.15, 0.2) is 49.2 Å². The molecule has 0 aliphatic heterocycles. The molecule has 1 aromatic heterocycles. The molecule has 0 spiro atoms. The van der Waals surface area contributed by atoms with Crippen molar-refractivity contribution in [3.8, 4) is 5.75 Å². The van der Waals surface area contributed by atoms with Crippen molar-refractivity contribution in [1.82, 2.24) is 9.66 Å². The van der Waals surface area contributed by atoms with E-state index in [2.05, 4.69) is 41.9 Å². The maximum atomic E-state index is 13.2. The first-order valence-electron chi connectivity index (χ1n) is 8.92. The number of nitrogens with zero attached hydrogens (tertiary/aromatic N) is 3. The van der Waals surface area contributed by atoms with Crippen molar-refractivity contribution in [2.75, 3.05) is 0 Å². The Kier molecular flexibility index (Phi) is 6.50. The lowest BCUT2D eigenvalue weighted by Crippen LogP contribution is -2.29. The lowest BCUT2D eigenvalue weighted by Gasteiger charge is -2.20. The average Bonchev–Trinajstić information content (AvgIpc) is 2.63. The van der Waals surface area contributed by atoms with Crippen molar-refractivity contribution in [2.45, 2.75) is 33.1 Å². The SMILES string of the molecule is CC(=O)Oc1c(Cl)cc(C=Nn2c(C(C)(C)C)nc3ccc(Br)cc3c2=O)cc1Br. The molecule has 3 aromatic rings. The number of hydrogen-bond acceptors (Lipinski definition) is 5. The number of rotatable bonds is 3. The second-order valence-electron chi connectivity index (χ2n) is 7.62. The molecule has 0 N–H and O–H groups in total. The van der Waals surface area contributed by atoms with Gasteiger partial charge in [0.15, 0.2) is 5.75 Å². The highest BCUT2D eigenvalue weighted by molar-refractivity contribution is 9.10. The Morgan fingerprint density at radius 1 is 1.23 bits per heavy atom. The number of halogens is 3. The summed E-state index contributed by atoms with van der Waals surface area (Å²) in [7, 11) is 0. The minimum Gasteiger partial charge on any atom is -0.424 e. The number of hydrogen-bond donors (Lipinski definition) is 0. The largest absolute Gasteiger partial charge is 0.424 e. The molecule has 0 saturated heterocycles. The summed E-state index contributed by atoms with van der Waals surface area (Å²) in [5.41, 5.74) is 0.527. The summed E-state index contributed by atoms with van der Waals surface area (Å²) in [6.45, 7) is 7.19. The van der Waals surface area contributed by atoms with Gasteiger partial charge in [-0.25, -0.2) is 4.98 Å². The summed E-state index contributed by atoms with van der Waals surface area (Å²) in [5.74, 6) is 0.278. The second kappa shape index (κ2) is 8.61. The number of carbonyl (C=O) groups is 1. The standard InChI is InChI=1S/C21H18Br2ClN3O3/c1-11(28)30-18-15(23)7-12(8-16(18)24)10-25-27-19(29)14-9-13(22)5-6-17(14)26-20(27)21(2,3)4/h5-10H,1-4H3. The summed E-state index contributed by atoms with van der Waals surface area (Å²) >= 11 is 13.0. The topological polar surface area (TPSA) is 73.5 Å². The molecule has 2 aromatic carbocycles. The van der Waals surface area contributed by atoms with Crippen LogP contribution in [-0.4, -0.2) is 21.8 Å². The molecule has 0 bridgehead atoms. The van der Waals surface area contributed by atoms with E-state index in [1.165, 1.54) is 17.8 Å². The van der Waals surface area contributed by atoms with E-state index in [1.807, 2.05) is 26.8 Å². The van der Waals surface area contributed by atoms with Gasteiger partial charge < -0.3 is 4.74 Å². The zero-order valence-electron chi connectivity index (χ0n) is 16.7. The van der Waals surface area contributed by atoms with Crippen LogP contribution in [-0.2, 0) is 10.2 Å². The number of carbonyl (C=O) groups excluding carboxylic acids is 1. The highest BCUT2D eigenvalue weighted by Crippen LogP contribution is 2.34. The lowest BCUT2D eigenvalue weighted by atomic mass is 9.95. The van der Waals surface area contributed by atoms with E-state index >= 15 is 0 Å². The zero-order valence-corrected chi connectivity index (χ0v) is 20.6. The number of fused-ring (bicyclic) bond motifs is 1. The molecular weight excluding hydrogens is 538 g/mol. The van der Waals surface area contributed by atoms with E-state index in [0.29, 0.717) is 26.8 Å². The van der Waals surface area contributed by atoms with Crippen molar-refractivity contribution in [3.05, 3.63) is 66.0 Å². The van der Waals surface area contributed by atoms with E-state index in [9.17, 15) is 9.59 Å². The Hall–Kier alpha value is -2.03. The van der Waals surface area contributed by atoms with Gasteiger partial charge in [-0.3, -0.25) is 9.59 Å². The molecule has 156 valence electrons. The quantitative estimate of drug-likeness (QED) is 0.237. The van der Waals surface area contributed by atoms with Gasteiger partial charge in [-0.1, -0.05) is 48.3 Å². The fourth-order valence-electron chi connectivity index (χ4n) is 2.76. The molecule has 30 heavy (non-hydrogen) atoms. The van der Waals surface area contributed by atoms with Crippen LogP contribution in [0, 0.1) is 0 Å². The van der Waals surface area contributed by atoms with Gasteiger partial charge in [-0.2, -0.15) is 9.78 Å². The molecule has 0 amide bonds. The Labute approximate surface area is 195 Å². The third-order valence-corrected chi connectivity index (χ3v) is 5.43. The first kappa shape index (κ1) is 22.7. The molecule has 0 fully saturated rings. The highest BCUT2D eigenvalue weighted by Gasteiger charge is 2.23. The normalized spacial score (nSPS) is 12.0. The Bertz CT molecular complexity index is 1220. The molecule has 0 aliphatic carbocycles. The van der Waals surface area contributed by atoms with E-state index in [4.69, 9.17) is 16.3 Å². The van der Waals surface area contributed by atoms with Crippen molar-refractivity contribution in [2.24, 2.45) is 5.10 Å². The van der Waals surface area contributed by atoms with Gasteiger partial charge in [0.1, 0.15) is 5.82 Å². The molecule has 6 nitrogen and oxygen atoms in total. The number of aromatic nitrogens is 2. The number of esters is 1. The molecule has 0 radical (unpaired) electrons. The van der Waals surface area contributed by atoms with E-state index in [1.54, 1.807) is 24.3 Å². The zero-order chi connectivity index (χ0) is 22.2. The molecule has 1 heterocycles. The van der Waals surface area contributed by atoms with Crippen LogP contribution < -0.4 is 10.3 Å². The van der Waals surface area contributed by atoms with Crippen LogP contribution in [0.5, 0.6) is 5.75 Å². The van der Waals surface area contributed by atoms with E-state index < -0.39 is 11.4 Å². The second-order valence-corrected chi connectivity index (χ2v) is 9.79. The Balaban J connectivity index is 2.15. The summed E-state index contributed by atoms with van der Waals surface area (Å²) in [6.07, 6.45) is 1.51. The van der Waals surface area contributed by atoms with Crippen LogP contribution >= 0.6 is 43.5 Å². The molecular formula is C21H18Br2ClN3O3. The minimum absolute atomic E-state index is 0.228. The van der Waals surface area contributed by atoms with Gasteiger partial charge in [-0.05, 0) is 51.8 Å².